The van der Waals surface area contributed by atoms with Crippen LogP contribution >= 0.6 is 22.7 Å². The molecule has 3 heterocycles. The van der Waals surface area contributed by atoms with Gasteiger partial charge in [-0.25, -0.2) is 4.79 Å². The maximum Gasteiger partial charge on any atom is 0.410 e. The Hall–Kier alpha value is -2.63. The second-order valence-electron chi connectivity index (χ2n) is 5.98. The number of carbonyl (C=O) groups excluding carboxylic acids is 2. The van der Waals surface area contributed by atoms with Crippen LogP contribution in [0.15, 0.2) is 17.5 Å². The molecule has 0 unspecified atom stereocenters. The quantitative estimate of drug-likeness (QED) is 0.780. The van der Waals surface area contributed by atoms with Crippen LogP contribution in [0.1, 0.15) is 33.4 Å². The zero-order valence-corrected chi connectivity index (χ0v) is 16.7. The molecular formula is C19H19N3O3S2. The predicted octanol–water partition coefficient (Wildman–Crippen LogP) is 4.16. The molecule has 27 heavy (non-hydrogen) atoms. The van der Waals surface area contributed by atoms with Crippen LogP contribution in [0.4, 0.5) is 9.80 Å². The van der Waals surface area contributed by atoms with Gasteiger partial charge in [0, 0.05) is 22.4 Å². The third-order valence-electron chi connectivity index (χ3n) is 4.22. The van der Waals surface area contributed by atoms with Crippen LogP contribution < -0.4 is 5.32 Å². The minimum atomic E-state index is -0.352. The second-order valence-corrected chi connectivity index (χ2v) is 8.03. The molecule has 0 saturated heterocycles. The highest BCUT2D eigenvalue weighted by atomic mass is 32.1. The Morgan fingerprint density at radius 1 is 1.48 bits per heavy atom. The first-order chi connectivity index (χ1) is 13.0. The zero-order chi connectivity index (χ0) is 19.4. The number of amides is 2. The first-order valence-electron chi connectivity index (χ1n) is 8.53. The van der Waals surface area contributed by atoms with Crippen molar-refractivity contribution in [1.82, 2.24) is 4.90 Å². The van der Waals surface area contributed by atoms with Gasteiger partial charge in [0.05, 0.1) is 18.7 Å². The molecule has 1 aliphatic rings. The van der Waals surface area contributed by atoms with Crippen molar-refractivity contribution >= 4 is 45.8 Å². The van der Waals surface area contributed by atoms with Crippen molar-refractivity contribution in [2.75, 3.05) is 18.5 Å². The Kier molecular flexibility index (Phi) is 5.94. The standard InChI is InChI=1S/C19H19N3O3S2/c1-3-25-19(24)22-8-6-13-14(10-20)18(27-16(13)11-22)21-17(23)5-4-15-12(2)7-9-26-15/h4-5,7,9H,3,6,8,11H2,1-2H3,(H,21,23). The molecule has 2 aromatic heterocycles. The maximum absolute atomic E-state index is 12.3. The number of anilines is 1. The number of nitriles is 1. The summed E-state index contributed by atoms with van der Waals surface area (Å²) in [6, 6.07) is 4.19. The van der Waals surface area contributed by atoms with Gasteiger partial charge in [-0.1, -0.05) is 0 Å². The highest BCUT2D eigenvalue weighted by Crippen LogP contribution is 2.36. The zero-order valence-electron chi connectivity index (χ0n) is 15.1. The van der Waals surface area contributed by atoms with E-state index in [1.165, 1.54) is 17.4 Å². The third kappa shape index (κ3) is 4.21. The molecule has 0 radical (unpaired) electrons. The van der Waals surface area contributed by atoms with Crippen molar-refractivity contribution in [1.29, 1.82) is 5.26 Å². The number of nitrogens with one attached hydrogen (secondary N) is 1. The topological polar surface area (TPSA) is 82.4 Å². The lowest BCUT2D eigenvalue weighted by Crippen LogP contribution is -2.35. The van der Waals surface area contributed by atoms with Crippen LogP contribution in [0.5, 0.6) is 0 Å². The molecule has 1 aliphatic heterocycles. The van der Waals surface area contributed by atoms with E-state index < -0.39 is 0 Å². The molecule has 2 amide bonds. The fourth-order valence-corrected chi connectivity index (χ4v) is 4.88. The number of hydrogen-bond acceptors (Lipinski definition) is 6. The summed E-state index contributed by atoms with van der Waals surface area (Å²) in [4.78, 5) is 27.8. The van der Waals surface area contributed by atoms with E-state index >= 15 is 0 Å². The average Bonchev–Trinajstić information content (AvgIpc) is 3.21. The van der Waals surface area contributed by atoms with Gasteiger partial charge < -0.3 is 15.0 Å². The van der Waals surface area contributed by atoms with Crippen molar-refractivity contribution < 1.29 is 14.3 Å². The Morgan fingerprint density at radius 3 is 2.96 bits per heavy atom. The Morgan fingerprint density at radius 2 is 2.30 bits per heavy atom. The van der Waals surface area contributed by atoms with Gasteiger partial charge in [-0.3, -0.25) is 4.79 Å². The monoisotopic (exact) mass is 401 g/mol. The fourth-order valence-electron chi connectivity index (χ4n) is 2.84. The van der Waals surface area contributed by atoms with E-state index in [1.54, 1.807) is 29.2 Å². The minimum absolute atomic E-state index is 0.278. The fraction of sp³-hybridized carbons (Fsp3) is 0.316. The van der Waals surface area contributed by atoms with E-state index in [0.717, 1.165) is 20.9 Å². The number of carbonyl (C=O) groups is 2. The van der Waals surface area contributed by atoms with E-state index in [0.29, 0.717) is 36.7 Å². The van der Waals surface area contributed by atoms with Gasteiger partial charge in [0.15, 0.2) is 0 Å². The summed E-state index contributed by atoms with van der Waals surface area (Å²) in [6.45, 7) is 4.98. The maximum atomic E-state index is 12.3. The molecule has 6 nitrogen and oxygen atoms in total. The summed E-state index contributed by atoms with van der Waals surface area (Å²) in [7, 11) is 0. The lowest BCUT2D eigenvalue weighted by molar-refractivity contribution is -0.111. The smallest absolute Gasteiger partial charge is 0.410 e. The first kappa shape index (κ1) is 19.1. The van der Waals surface area contributed by atoms with E-state index in [4.69, 9.17) is 4.74 Å². The molecule has 2 aromatic rings. The van der Waals surface area contributed by atoms with Gasteiger partial charge in [0.1, 0.15) is 11.1 Å². The summed E-state index contributed by atoms with van der Waals surface area (Å²) >= 11 is 2.91. The molecule has 0 bridgehead atoms. The molecule has 0 aromatic carbocycles. The Bertz CT molecular complexity index is 937. The van der Waals surface area contributed by atoms with Crippen molar-refractivity contribution in [2.24, 2.45) is 0 Å². The van der Waals surface area contributed by atoms with Gasteiger partial charge in [-0.15, -0.1) is 22.7 Å². The number of ether oxygens (including phenoxy) is 1. The third-order valence-corrected chi connectivity index (χ3v) is 6.34. The van der Waals surface area contributed by atoms with Gasteiger partial charge in [-0.05, 0) is 48.9 Å². The SMILES string of the molecule is CCOC(=O)N1CCc2c(sc(NC(=O)C=Cc3sccc3C)c2C#N)C1. The van der Waals surface area contributed by atoms with Crippen LogP contribution in [0.25, 0.3) is 6.08 Å². The van der Waals surface area contributed by atoms with Crippen LogP contribution in [-0.4, -0.2) is 30.1 Å². The lowest BCUT2D eigenvalue weighted by Gasteiger charge is -2.25. The lowest BCUT2D eigenvalue weighted by atomic mass is 10.0. The van der Waals surface area contributed by atoms with Crippen LogP contribution in [-0.2, 0) is 22.5 Å². The van der Waals surface area contributed by atoms with E-state index in [2.05, 4.69) is 11.4 Å². The normalized spacial score (nSPS) is 13.3. The summed E-state index contributed by atoms with van der Waals surface area (Å²) in [5.41, 5.74) is 2.52. The van der Waals surface area contributed by atoms with E-state index in [-0.39, 0.29) is 12.0 Å². The van der Waals surface area contributed by atoms with E-state index in [1.807, 2.05) is 18.4 Å². The Balaban J connectivity index is 1.75. The number of thiophene rings is 2. The molecule has 0 atom stereocenters. The number of nitrogens with zero attached hydrogens (tertiary/aromatic N) is 2. The summed E-state index contributed by atoms with van der Waals surface area (Å²) in [6.07, 6.45) is 3.48. The molecule has 0 saturated carbocycles. The van der Waals surface area contributed by atoms with Crippen molar-refractivity contribution in [3.8, 4) is 6.07 Å². The van der Waals surface area contributed by atoms with Crippen LogP contribution in [0, 0.1) is 18.3 Å². The second kappa shape index (κ2) is 8.37. The molecular weight excluding hydrogens is 382 g/mol. The Labute approximate surface area is 165 Å². The van der Waals surface area contributed by atoms with Gasteiger partial charge >= 0.3 is 6.09 Å². The molecule has 3 rings (SSSR count). The molecule has 1 N–H and O–H groups in total. The predicted molar refractivity (Wildman–Crippen MR) is 107 cm³/mol. The molecule has 0 aliphatic carbocycles. The van der Waals surface area contributed by atoms with Gasteiger partial charge in [0.25, 0.3) is 0 Å². The molecule has 140 valence electrons. The summed E-state index contributed by atoms with van der Waals surface area (Å²) in [5, 5.41) is 14.9. The molecule has 0 fully saturated rings. The largest absolute Gasteiger partial charge is 0.450 e. The summed E-state index contributed by atoms with van der Waals surface area (Å²) in [5.74, 6) is -0.278. The van der Waals surface area contributed by atoms with Gasteiger partial charge in [-0.2, -0.15) is 5.26 Å². The number of hydrogen-bond donors (Lipinski definition) is 1. The molecule has 8 heteroatoms. The molecule has 0 spiro atoms. The van der Waals surface area contributed by atoms with Gasteiger partial charge in [0.2, 0.25) is 5.91 Å². The average molecular weight is 402 g/mol. The highest BCUT2D eigenvalue weighted by molar-refractivity contribution is 7.16. The van der Waals surface area contributed by atoms with E-state index in [9.17, 15) is 14.9 Å². The number of rotatable bonds is 4. The minimum Gasteiger partial charge on any atom is -0.450 e. The van der Waals surface area contributed by atoms with Crippen molar-refractivity contribution in [2.45, 2.75) is 26.8 Å². The van der Waals surface area contributed by atoms with Crippen molar-refractivity contribution in [3.05, 3.63) is 44.0 Å². The summed E-state index contributed by atoms with van der Waals surface area (Å²) < 4.78 is 5.05. The number of aryl methyl sites for hydroxylation is 1. The highest BCUT2D eigenvalue weighted by Gasteiger charge is 2.27. The number of fused-ring (bicyclic) bond motifs is 1. The van der Waals surface area contributed by atoms with Crippen LogP contribution in [0.3, 0.4) is 0 Å². The first-order valence-corrected chi connectivity index (χ1v) is 10.2. The van der Waals surface area contributed by atoms with Crippen LogP contribution in [0.2, 0.25) is 0 Å². The van der Waals surface area contributed by atoms with Crippen molar-refractivity contribution in [3.63, 3.8) is 0 Å².